The van der Waals surface area contributed by atoms with Crippen molar-refractivity contribution in [3.63, 3.8) is 0 Å². The molecule has 0 unspecified atom stereocenters. The molecule has 0 aromatic heterocycles. The van der Waals surface area contributed by atoms with Crippen LogP contribution in [0.5, 0.6) is 0 Å². The Morgan fingerprint density at radius 3 is 1.11 bits per heavy atom. The monoisotopic (exact) mass is 201 g/mol. The van der Waals surface area contributed by atoms with Gasteiger partial charge in [0.15, 0.2) is 0 Å². The Bertz CT molecular complexity index is 46.8. The maximum atomic E-state index is 7.81. The molecular weight excluding hydrogens is 192 g/mol. The lowest BCUT2D eigenvalue weighted by Gasteiger charge is -2.07. The number of aliphatic hydroxyl groups is 3. The second-order valence-electron chi connectivity index (χ2n) is 0.978. The van der Waals surface area contributed by atoms with E-state index in [1.165, 1.54) is 0 Å². The maximum Gasteiger partial charge on any atom is 0.288 e. The molecule has 0 atom stereocenters. The van der Waals surface area contributed by atoms with Crippen molar-refractivity contribution in [2.45, 2.75) is 5.97 Å². The lowest BCUT2D eigenvalue weighted by atomic mass is 10.6. The molecule has 9 heavy (non-hydrogen) atoms. The van der Waals surface area contributed by atoms with Crippen LogP contribution in [0.2, 0.25) is 0 Å². The molecule has 0 aliphatic rings. The molecule has 4 nitrogen and oxygen atoms in total. The second kappa shape index (κ2) is 8.71. The van der Waals surface area contributed by atoms with Crippen LogP contribution in [0.15, 0.2) is 0 Å². The minimum Gasteiger partial charge on any atom is -0.343 e. The Morgan fingerprint density at radius 1 is 1.00 bits per heavy atom. The van der Waals surface area contributed by atoms with Crippen molar-refractivity contribution in [1.29, 1.82) is 0 Å². The fourth-order valence-corrected chi connectivity index (χ4v) is 0. The molecule has 0 rings (SSSR count). The largest absolute Gasteiger partial charge is 0.343 e. The molecule has 0 amide bonds. The summed E-state index contributed by atoms with van der Waals surface area (Å²) in [5, 5.41) is 23.4. The van der Waals surface area contributed by atoms with Crippen molar-refractivity contribution < 1.29 is 15.3 Å². The Hall–Kier alpha value is 0.710. The number of hydrogen-bond acceptors (Lipinski definition) is 4. The molecule has 0 saturated carbocycles. The summed E-state index contributed by atoms with van der Waals surface area (Å²) in [5.41, 5.74) is 4.56. The summed E-state index contributed by atoms with van der Waals surface area (Å²) in [7, 11) is 0. The summed E-state index contributed by atoms with van der Waals surface area (Å²) in [4.78, 5) is 0. The van der Waals surface area contributed by atoms with Crippen LogP contribution in [0.25, 0.3) is 0 Å². The quantitative estimate of drug-likeness (QED) is 0.404. The van der Waals surface area contributed by atoms with Gasteiger partial charge in [-0.25, -0.2) is 0 Å². The first-order chi connectivity index (χ1) is 2.56. The predicted octanol–water partition coefficient (Wildman–Crippen LogP) is -1.16. The van der Waals surface area contributed by atoms with E-state index in [0.29, 0.717) is 0 Å². The Kier molecular flexibility index (Phi) is 21.9. The smallest absolute Gasteiger partial charge is 0.288 e. The van der Waals surface area contributed by atoms with Gasteiger partial charge in [-0.1, -0.05) is 0 Å². The highest BCUT2D eigenvalue weighted by Gasteiger charge is 2.12. The third-order valence-electron chi connectivity index (χ3n) is 0.274. The van der Waals surface area contributed by atoms with Crippen molar-refractivity contribution >= 4 is 37.2 Å². The van der Waals surface area contributed by atoms with E-state index in [1.54, 1.807) is 0 Å². The first kappa shape index (κ1) is 22.6. The van der Waals surface area contributed by atoms with Crippen LogP contribution >= 0.6 is 37.2 Å². The summed E-state index contributed by atoms with van der Waals surface area (Å²) in [6, 6.07) is 0. The summed E-state index contributed by atoms with van der Waals surface area (Å²) in [6.07, 6.45) is 0. The van der Waals surface area contributed by atoms with Gasteiger partial charge >= 0.3 is 0 Å². The average molecular weight is 202 g/mol. The first-order valence-electron chi connectivity index (χ1n) is 1.43. The summed E-state index contributed by atoms with van der Waals surface area (Å²) >= 11 is 0. The van der Waals surface area contributed by atoms with Gasteiger partial charge in [-0.2, -0.15) is 0 Å². The van der Waals surface area contributed by atoms with E-state index in [1.807, 2.05) is 0 Å². The Labute approximate surface area is 71.3 Å². The van der Waals surface area contributed by atoms with Crippen LogP contribution in [0.3, 0.4) is 0 Å². The average Bonchev–Trinajstić information content (AvgIpc) is 1.35. The number of hydrogen-bond donors (Lipinski definition) is 4. The van der Waals surface area contributed by atoms with E-state index in [9.17, 15) is 0 Å². The van der Waals surface area contributed by atoms with E-state index < -0.39 is 12.5 Å². The minimum atomic E-state index is -2.68. The standard InChI is InChI=1S/C2H7NO3.3ClH/c3-1-2(4,5)6;;;/h4-6H,1,3H2;3*1H. The molecule has 7 heteroatoms. The zero-order valence-electron chi connectivity index (χ0n) is 4.35. The highest BCUT2D eigenvalue weighted by molar-refractivity contribution is 5.86. The number of halogens is 3. The summed E-state index contributed by atoms with van der Waals surface area (Å²) < 4.78 is 0. The molecule has 0 aromatic rings. The van der Waals surface area contributed by atoms with Gasteiger partial charge in [-0.15, -0.1) is 37.2 Å². The SMILES string of the molecule is Cl.Cl.Cl.NCC(O)(O)O. The third-order valence-corrected chi connectivity index (χ3v) is 0.274. The third kappa shape index (κ3) is 28.5. The fraction of sp³-hybridized carbons (Fsp3) is 1.00. The second-order valence-corrected chi connectivity index (χ2v) is 0.978. The number of nitrogens with two attached hydrogens (primary N) is 1. The molecule has 0 bridgehead atoms. The molecule has 5 N–H and O–H groups in total. The molecule has 0 aliphatic carbocycles. The fourth-order valence-electron chi connectivity index (χ4n) is 0. The topological polar surface area (TPSA) is 86.7 Å². The molecule has 0 heterocycles. The van der Waals surface area contributed by atoms with E-state index in [-0.39, 0.29) is 37.2 Å². The van der Waals surface area contributed by atoms with Crippen LogP contribution in [0.1, 0.15) is 0 Å². The molecule has 0 aliphatic heterocycles. The van der Waals surface area contributed by atoms with Gasteiger partial charge in [0.2, 0.25) is 0 Å². The Balaban J connectivity index is -0.0000000417. The van der Waals surface area contributed by atoms with Gasteiger partial charge in [-0.05, 0) is 0 Å². The zero-order valence-corrected chi connectivity index (χ0v) is 6.80. The van der Waals surface area contributed by atoms with Gasteiger partial charge in [0, 0.05) is 0 Å². The molecule has 0 aromatic carbocycles. The Morgan fingerprint density at radius 2 is 1.11 bits per heavy atom. The molecule has 0 saturated heterocycles. The van der Waals surface area contributed by atoms with Crippen molar-refractivity contribution in [3.05, 3.63) is 0 Å². The highest BCUT2D eigenvalue weighted by Crippen LogP contribution is 1.82. The van der Waals surface area contributed by atoms with Crippen molar-refractivity contribution in [2.75, 3.05) is 6.54 Å². The van der Waals surface area contributed by atoms with Gasteiger partial charge in [0.05, 0.1) is 6.54 Å². The van der Waals surface area contributed by atoms with E-state index in [2.05, 4.69) is 5.73 Å². The van der Waals surface area contributed by atoms with Crippen molar-refractivity contribution in [2.24, 2.45) is 5.73 Å². The highest BCUT2D eigenvalue weighted by atomic mass is 35.5. The van der Waals surface area contributed by atoms with Gasteiger partial charge in [0.25, 0.3) is 5.97 Å². The van der Waals surface area contributed by atoms with Gasteiger partial charge in [-0.3, -0.25) is 0 Å². The van der Waals surface area contributed by atoms with Gasteiger partial charge < -0.3 is 21.1 Å². The maximum absolute atomic E-state index is 7.81. The van der Waals surface area contributed by atoms with E-state index in [4.69, 9.17) is 15.3 Å². The van der Waals surface area contributed by atoms with Gasteiger partial charge in [0.1, 0.15) is 0 Å². The molecule has 0 fully saturated rings. The van der Waals surface area contributed by atoms with Crippen molar-refractivity contribution in [3.8, 4) is 0 Å². The van der Waals surface area contributed by atoms with Crippen LogP contribution < -0.4 is 5.73 Å². The summed E-state index contributed by atoms with van der Waals surface area (Å²) in [5.74, 6) is -2.68. The molecule has 0 radical (unpaired) electrons. The van der Waals surface area contributed by atoms with Crippen LogP contribution in [-0.2, 0) is 0 Å². The molecule has 0 spiro atoms. The lowest BCUT2D eigenvalue weighted by molar-refractivity contribution is -0.302. The van der Waals surface area contributed by atoms with Crippen LogP contribution in [0.4, 0.5) is 0 Å². The van der Waals surface area contributed by atoms with Crippen LogP contribution in [0, 0.1) is 0 Å². The number of rotatable bonds is 1. The summed E-state index contributed by atoms with van der Waals surface area (Å²) in [6.45, 7) is -0.562. The minimum absolute atomic E-state index is 0. The van der Waals surface area contributed by atoms with Crippen molar-refractivity contribution in [1.82, 2.24) is 0 Å². The normalized spacial score (nSPS) is 8.00. The van der Waals surface area contributed by atoms with E-state index in [0.717, 1.165) is 0 Å². The zero-order chi connectivity index (χ0) is 5.21. The lowest BCUT2D eigenvalue weighted by Crippen LogP contribution is -2.36. The molecular formula is C2H10Cl3NO3. The molecule has 62 valence electrons. The predicted molar refractivity (Wildman–Crippen MR) is 40.2 cm³/mol. The van der Waals surface area contributed by atoms with Crippen LogP contribution in [-0.4, -0.2) is 27.8 Å². The van der Waals surface area contributed by atoms with E-state index >= 15 is 0 Å². The first-order valence-corrected chi connectivity index (χ1v) is 1.43.